The number of hydrogen-bond donors (Lipinski definition) is 2. The molecule has 0 aromatic heterocycles. The number of benzene rings is 1. The standard InChI is InChI=1S/C14H20N4O2/c1-12(19)15-16-14(20)11-17-7-9-18(10-8-17)13-5-3-2-4-6-13/h2-6H,7-11H2,1H3,(H,15,19)(H,16,20). The Bertz CT molecular complexity index is 456. The van der Waals surface area contributed by atoms with Gasteiger partial charge in [-0.2, -0.15) is 0 Å². The van der Waals surface area contributed by atoms with Crippen LogP contribution in [0.4, 0.5) is 5.69 Å². The van der Waals surface area contributed by atoms with Crippen molar-refractivity contribution >= 4 is 17.5 Å². The van der Waals surface area contributed by atoms with Crippen LogP contribution < -0.4 is 15.8 Å². The van der Waals surface area contributed by atoms with Gasteiger partial charge in [0.2, 0.25) is 5.91 Å². The molecular weight excluding hydrogens is 256 g/mol. The van der Waals surface area contributed by atoms with Gasteiger partial charge in [-0.3, -0.25) is 25.3 Å². The first kappa shape index (κ1) is 14.3. The van der Waals surface area contributed by atoms with Crippen molar-refractivity contribution in [2.75, 3.05) is 37.6 Å². The Morgan fingerprint density at radius 3 is 2.30 bits per heavy atom. The fourth-order valence-electron chi connectivity index (χ4n) is 2.20. The van der Waals surface area contributed by atoms with E-state index in [1.165, 1.54) is 12.6 Å². The first-order chi connectivity index (χ1) is 9.65. The van der Waals surface area contributed by atoms with Gasteiger partial charge in [0, 0.05) is 38.8 Å². The summed E-state index contributed by atoms with van der Waals surface area (Å²) in [6.45, 7) is 5.14. The predicted molar refractivity (Wildman–Crippen MR) is 77.1 cm³/mol. The highest BCUT2D eigenvalue weighted by Gasteiger charge is 2.18. The summed E-state index contributed by atoms with van der Waals surface area (Å²) in [5.41, 5.74) is 5.89. The minimum Gasteiger partial charge on any atom is -0.369 e. The van der Waals surface area contributed by atoms with E-state index in [2.05, 4.69) is 32.8 Å². The number of hydrogen-bond acceptors (Lipinski definition) is 4. The van der Waals surface area contributed by atoms with Gasteiger partial charge in [0.25, 0.3) is 5.91 Å². The number of carbonyl (C=O) groups is 2. The molecule has 0 spiro atoms. The number of anilines is 1. The van der Waals surface area contributed by atoms with Crippen molar-refractivity contribution in [3.05, 3.63) is 30.3 Å². The van der Waals surface area contributed by atoms with Crippen molar-refractivity contribution in [3.8, 4) is 0 Å². The van der Waals surface area contributed by atoms with Crippen molar-refractivity contribution in [2.24, 2.45) is 0 Å². The number of nitrogens with one attached hydrogen (secondary N) is 2. The number of piperazine rings is 1. The molecule has 1 aliphatic rings. The molecule has 1 aromatic carbocycles. The molecule has 0 aliphatic carbocycles. The minimum absolute atomic E-state index is 0.187. The molecule has 108 valence electrons. The number of hydrazine groups is 1. The Hall–Kier alpha value is -2.08. The fraction of sp³-hybridized carbons (Fsp3) is 0.429. The normalized spacial score (nSPS) is 15.8. The Kier molecular flexibility index (Phi) is 4.95. The lowest BCUT2D eigenvalue weighted by molar-refractivity contribution is -0.128. The Morgan fingerprint density at radius 2 is 1.70 bits per heavy atom. The van der Waals surface area contributed by atoms with E-state index in [-0.39, 0.29) is 11.8 Å². The maximum atomic E-state index is 11.6. The van der Waals surface area contributed by atoms with Gasteiger partial charge in [-0.25, -0.2) is 0 Å². The molecule has 6 nitrogen and oxygen atoms in total. The van der Waals surface area contributed by atoms with E-state index in [1.807, 2.05) is 18.2 Å². The van der Waals surface area contributed by atoms with Gasteiger partial charge in [-0.15, -0.1) is 0 Å². The number of amides is 2. The van der Waals surface area contributed by atoms with E-state index in [9.17, 15) is 9.59 Å². The van der Waals surface area contributed by atoms with Crippen LogP contribution in [0, 0.1) is 0 Å². The molecule has 1 aromatic rings. The molecule has 1 heterocycles. The van der Waals surface area contributed by atoms with Gasteiger partial charge >= 0.3 is 0 Å². The van der Waals surface area contributed by atoms with Gasteiger partial charge in [0.05, 0.1) is 6.54 Å². The van der Waals surface area contributed by atoms with E-state index in [1.54, 1.807) is 0 Å². The smallest absolute Gasteiger partial charge is 0.252 e. The SMILES string of the molecule is CC(=O)NNC(=O)CN1CCN(c2ccccc2)CC1. The monoisotopic (exact) mass is 276 g/mol. The molecule has 1 fully saturated rings. The van der Waals surface area contributed by atoms with Gasteiger partial charge in [-0.05, 0) is 12.1 Å². The van der Waals surface area contributed by atoms with Crippen molar-refractivity contribution in [1.29, 1.82) is 0 Å². The third-order valence-electron chi connectivity index (χ3n) is 3.24. The van der Waals surface area contributed by atoms with Crippen LogP contribution in [0.1, 0.15) is 6.92 Å². The Morgan fingerprint density at radius 1 is 1.05 bits per heavy atom. The molecule has 6 heteroatoms. The third-order valence-corrected chi connectivity index (χ3v) is 3.24. The maximum Gasteiger partial charge on any atom is 0.252 e. The van der Waals surface area contributed by atoms with Crippen LogP contribution in [0.2, 0.25) is 0 Å². The summed E-state index contributed by atoms with van der Waals surface area (Å²) in [6.07, 6.45) is 0. The zero-order chi connectivity index (χ0) is 14.4. The second kappa shape index (κ2) is 6.91. The van der Waals surface area contributed by atoms with Crippen LogP contribution in [0.5, 0.6) is 0 Å². The molecule has 1 aliphatic heterocycles. The zero-order valence-corrected chi connectivity index (χ0v) is 11.6. The van der Waals surface area contributed by atoms with E-state index in [4.69, 9.17) is 0 Å². The van der Waals surface area contributed by atoms with Crippen LogP contribution >= 0.6 is 0 Å². The molecule has 2 amide bonds. The average Bonchev–Trinajstić information content (AvgIpc) is 2.47. The predicted octanol–water partition coefficient (Wildman–Crippen LogP) is -0.0241. The molecule has 2 rings (SSSR count). The van der Waals surface area contributed by atoms with Crippen LogP contribution in [-0.2, 0) is 9.59 Å². The molecule has 0 bridgehead atoms. The van der Waals surface area contributed by atoms with Crippen molar-refractivity contribution in [1.82, 2.24) is 15.8 Å². The fourth-order valence-corrected chi connectivity index (χ4v) is 2.20. The molecular formula is C14H20N4O2. The Balaban J connectivity index is 1.74. The van der Waals surface area contributed by atoms with Crippen molar-refractivity contribution in [2.45, 2.75) is 6.92 Å². The lowest BCUT2D eigenvalue weighted by atomic mass is 10.2. The Labute approximate surface area is 118 Å². The largest absolute Gasteiger partial charge is 0.369 e. The molecule has 0 saturated carbocycles. The van der Waals surface area contributed by atoms with E-state index in [0.717, 1.165) is 26.2 Å². The average molecular weight is 276 g/mol. The summed E-state index contributed by atoms with van der Waals surface area (Å²) in [7, 11) is 0. The van der Waals surface area contributed by atoms with E-state index in [0.29, 0.717) is 6.54 Å². The minimum atomic E-state index is -0.271. The second-order valence-corrected chi connectivity index (χ2v) is 4.83. The molecule has 0 unspecified atom stereocenters. The highest BCUT2D eigenvalue weighted by atomic mass is 16.2. The first-order valence-corrected chi connectivity index (χ1v) is 6.73. The van der Waals surface area contributed by atoms with Crippen LogP contribution in [0.3, 0.4) is 0 Å². The summed E-state index contributed by atoms with van der Waals surface area (Å²) in [4.78, 5) is 26.7. The quantitative estimate of drug-likeness (QED) is 0.761. The maximum absolute atomic E-state index is 11.6. The third kappa shape index (κ3) is 4.24. The topological polar surface area (TPSA) is 64.7 Å². The zero-order valence-electron chi connectivity index (χ0n) is 11.6. The summed E-state index contributed by atoms with van der Waals surface area (Å²) >= 11 is 0. The highest BCUT2D eigenvalue weighted by molar-refractivity contribution is 5.81. The van der Waals surface area contributed by atoms with Crippen molar-refractivity contribution < 1.29 is 9.59 Å². The van der Waals surface area contributed by atoms with Gasteiger partial charge in [0.1, 0.15) is 0 Å². The number of carbonyl (C=O) groups excluding carboxylic acids is 2. The lowest BCUT2D eigenvalue weighted by Crippen LogP contribution is -2.51. The molecule has 2 N–H and O–H groups in total. The van der Waals surface area contributed by atoms with Gasteiger partial charge in [0.15, 0.2) is 0 Å². The first-order valence-electron chi connectivity index (χ1n) is 6.73. The molecule has 0 radical (unpaired) electrons. The number of rotatable bonds is 3. The van der Waals surface area contributed by atoms with E-state index < -0.39 is 0 Å². The van der Waals surface area contributed by atoms with Gasteiger partial charge in [-0.1, -0.05) is 18.2 Å². The molecule has 1 saturated heterocycles. The van der Waals surface area contributed by atoms with Crippen LogP contribution in [-0.4, -0.2) is 49.4 Å². The molecule has 20 heavy (non-hydrogen) atoms. The van der Waals surface area contributed by atoms with Crippen molar-refractivity contribution in [3.63, 3.8) is 0 Å². The number of para-hydroxylation sites is 1. The number of nitrogens with zero attached hydrogens (tertiary/aromatic N) is 2. The van der Waals surface area contributed by atoms with Crippen LogP contribution in [0.15, 0.2) is 30.3 Å². The summed E-state index contributed by atoms with van der Waals surface area (Å²) < 4.78 is 0. The van der Waals surface area contributed by atoms with Crippen LogP contribution in [0.25, 0.3) is 0 Å². The highest BCUT2D eigenvalue weighted by Crippen LogP contribution is 2.15. The second-order valence-electron chi connectivity index (χ2n) is 4.83. The summed E-state index contributed by atoms with van der Waals surface area (Å²) in [5, 5.41) is 0. The summed E-state index contributed by atoms with van der Waals surface area (Å²) in [5.74, 6) is -0.458. The van der Waals surface area contributed by atoms with E-state index >= 15 is 0 Å². The van der Waals surface area contributed by atoms with Gasteiger partial charge < -0.3 is 4.90 Å². The molecule has 0 atom stereocenters. The summed E-state index contributed by atoms with van der Waals surface area (Å²) in [6, 6.07) is 10.3. The lowest BCUT2D eigenvalue weighted by Gasteiger charge is -2.35.